The van der Waals surface area contributed by atoms with E-state index in [1.165, 1.54) is 5.56 Å². The lowest BCUT2D eigenvalue weighted by atomic mass is 9.96. The molecular weight excluding hydrogens is 184 g/mol. The average Bonchev–Trinajstić information content (AvgIpc) is 2.19. The number of hydrogen-bond acceptors (Lipinski definition) is 2. The van der Waals surface area contributed by atoms with E-state index in [0.29, 0.717) is 12.0 Å². The van der Waals surface area contributed by atoms with Gasteiger partial charge in [0.25, 0.3) is 0 Å². The van der Waals surface area contributed by atoms with Gasteiger partial charge in [0, 0.05) is 19.1 Å². The summed E-state index contributed by atoms with van der Waals surface area (Å²) in [5.41, 5.74) is 7.33. The van der Waals surface area contributed by atoms with Crippen molar-refractivity contribution in [2.24, 2.45) is 11.1 Å². The van der Waals surface area contributed by atoms with Gasteiger partial charge in [-0.05, 0) is 11.0 Å². The van der Waals surface area contributed by atoms with Gasteiger partial charge in [-0.25, -0.2) is 0 Å². The molecule has 84 valence electrons. The predicted octanol–water partition coefficient (Wildman–Crippen LogP) is 2.32. The molecule has 0 amide bonds. The summed E-state index contributed by atoms with van der Waals surface area (Å²) in [5, 5.41) is 3.50. The molecule has 0 aliphatic carbocycles. The first-order valence-corrected chi connectivity index (χ1v) is 5.51. The lowest BCUT2D eigenvalue weighted by Crippen LogP contribution is -2.34. The quantitative estimate of drug-likeness (QED) is 0.793. The van der Waals surface area contributed by atoms with Gasteiger partial charge in [0.15, 0.2) is 0 Å². The van der Waals surface area contributed by atoms with Crippen LogP contribution in [0.4, 0.5) is 0 Å². The van der Waals surface area contributed by atoms with E-state index in [1.807, 2.05) is 6.07 Å². The molecule has 0 radical (unpaired) electrons. The van der Waals surface area contributed by atoms with Crippen LogP contribution in [0.15, 0.2) is 30.3 Å². The molecule has 0 heterocycles. The first kappa shape index (κ1) is 12.2. The Morgan fingerprint density at radius 3 is 2.27 bits per heavy atom. The molecule has 2 nitrogen and oxygen atoms in total. The molecule has 3 N–H and O–H groups in total. The first-order valence-electron chi connectivity index (χ1n) is 5.51. The second kappa shape index (κ2) is 5.29. The van der Waals surface area contributed by atoms with Crippen LogP contribution in [0.2, 0.25) is 0 Å². The highest BCUT2D eigenvalue weighted by Gasteiger charge is 2.14. The van der Waals surface area contributed by atoms with Crippen LogP contribution >= 0.6 is 0 Å². The third-order valence-corrected chi connectivity index (χ3v) is 2.32. The van der Waals surface area contributed by atoms with Crippen LogP contribution in [-0.4, -0.2) is 13.1 Å². The zero-order chi connectivity index (χ0) is 11.3. The summed E-state index contributed by atoms with van der Waals surface area (Å²) in [6.45, 7) is 8.28. The highest BCUT2D eigenvalue weighted by Crippen LogP contribution is 2.15. The Hall–Kier alpha value is -0.860. The molecule has 0 aromatic heterocycles. The maximum atomic E-state index is 5.77. The number of rotatable bonds is 4. The zero-order valence-electron chi connectivity index (χ0n) is 9.96. The fourth-order valence-electron chi connectivity index (χ4n) is 1.45. The van der Waals surface area contributed by atoms with Gasteiger partial charge in [0.2, 0.25) is 0 Å². The minimum atomic E-state index is 0.269. The lowest BCUT2D eigenvalue weighted by Gasteiger charge is -2.24. The average molecular weight is 206 g/mol. The smallest absolute Gasteiger partial charge is 0.0444 e. The topological polar surface area (TPSA) is 38.0 Å². The van der Waals surface area contributed by atoms with E-state index >= 15 is 0 Å². The molecule has 0 aliphatic heterocycles. The summed E-state index contributed by atoms with van der Waals surface area (Å²) in [7, 11) is 0. The maximum absolute atomic E-state index is 5.77. The minimum absolute atomic E-state index is 0.269. The van der Waals surface area contributed by atoms with Crippen molar-refractivity contribution in [1.82, 2.24) is 5.32 Å². The van der Waals surface area contributed by atoms with Gasteiger partial charge < -0.3 is 11.1 Å². The Labute approximate surface area is 92.9 Å². The normalized spacial score (nSPS) is 13.9. The molecule has 2 heteroatoms. The number of benzene rings is 1. The SMILES string of the molecule is CC(C)(C)CNC(CN)c1ccccc1. The van der Waals surface area contributed by atoms with Crippen LogP contribution in [0.25, 0.3) is 0 Å². The molecular formula is C13H22N2. The molecule has 0 saturated heterocycles. The molecule has 1 unspecified atom stereocenters. The van der Waals surface area contributed by atoms with Crippen LogP contribution in [0, 0.1) is 5.41 Å². The monoisotopic (exact) mass is 206 g/mol. The van der Waals surface area contributed by atoms with Crippen molar-refractivity contribution in [3.8, 4) is 0 Å². The third kappa shape index (κ3) is 4.45. The second-order valence-corrected chi connectivity index (χ2v) is 5.14. The molecule has 1 atom stereocenters. The summed E-state index contributed by atoms with van der Waals surface area (Å²) in [6, 6.07) is 10.6. The highest BCUT2D eigenvalue weighted by atomic mass is 14.9. The molecule has 15 heavy (non-hydrogen) atoms. The third-order valence-electron chi connectivity index (χ3n) is 2.32. The summed E-state index contributed by atoms with van der Waals surface area (Å²) in [6.07, 6.45) is 0. The molecule has 1 aromatic rings. The Kier molecular flexibility index (Phi) is 4.30. The van der Waals surface area contributed by atoms with Crippen LogP contribution in [0.1, 0.15) is 32.4 Å². The van der Waals surface area contributed by atoms with E-state index in [1.54, 1.807) is 0 Å². The Morgan fingerprint density at radius 1 is 1.20 bits per heavy atom. The molecule has 0 fully saturated rings. The van der Waals surface area contributed by atoms with Crippen LogP contribution in [0.3, 0.4) is 0 Å². The van der Waals surface area contributed by atoms with Gasteiger partial charge >= 0.3 is 0 Å². The number of nitrogens with one attached hydrogen (secondary N) is 1. The summed E-state index contributed by atoms with van der Waals surface area (Å²) >= 11 is 0. The predicted molar refractivity (Wildman–Crippen MR) is 65.7 cm³/mol. The minimum Gasteiger partial charge on any atom is -0.329 e. The Balaban J connectivity index is 2.58. The van der Waals surface area contributed by atoms with Crippen molar-refractivity contribution in [3.05, 3.63) is 35.9 Å². The number of nitrogens with two attached hydrogens (primary N) is 1. The maximum Gasteiger partial charge on any atom is 0.0444 e. The van der Waals surface area contributed by atoms with Gasteiger partial charge in [-0.2, -0.15) is 0 Å². The number of hydrogen-bond donors (Lipinski definition) is 2. The van der Waals surface area contributed by atoms with Crippen molar-refractivity contribution in [1.29, 1.82) is 0 Å². The lowest BCUT2D eigenvalue weighted by molar-refractivity contribution is 0.354. The van der Waals surface area contributed by atoms with Gasteiger partial charge in [-0.1, -0.05) is 51.1 Å². The van der Waals surface area contributed by atoms with Crippen LogP contribution in [0.5, 0.6) is 0 Å². The zero-order valence-corrected chi connectivity index (χ0v) is 9.96. The fourth-order valence-corrected chi connectivity index (χ4v) is 1.45. The van der Waals surface area contributed by atoms with E-state index in [0.717, 1.165) is 6.54 Å². The molecule has 0 aliphatic rings. The molecule has 0 bridgehead atoms. The standard InChI is InChI=1S/C13H22N2/c1-13(2,3)10-15-12(9-14)11-7-5-4-6-8-11/h4-8,12,15H,9-10,14H2,1-3H3. The van der Waals surface area contributed by atoms with E-state index in [2.05, 4.69) is 50.4 Å². The Bertz CT molecular complexity index is 274. The van der Waals surface area contributed by atoms with Crippen LogP contribution in [-0.2, 0) is 0 Å². The fraction of sp³-hybridized carbons (Fsp3) is 0.538. The molecule has 0 spiro atoms. The van der Waals surface area contributed by atoms with Gasteiger partial charge in [-0.3, -0.25) is 0 Å². The van der Waals surface area contributed by atoms with Crippen molar-refractivity contribution < 1.29 is 0 Å². The van der Waals surface area contributed by atoms with Crippen molar-refractivity contribution in [2.75, 3.05) is 13.1 Å². The van der Waals surface area contributed by atoms with Crippen LogP contribution < -0.4 is 11.1 Å². The van der Waals surface area contributed by atoms with E-state index < -0.39 is 0 Å². The summed E-state index contributed by atoms with van der Waals surface area (Å²) in [4.78, 5) is 0. The van der Waals surface area contributed by atoms with Crippen molar-refractivity contribution in [2.45, 2.75) is 26.8 Å². The Morgan fingerprint density at radius 2 is 1.80 bits per heavy atom. The second-order valence-electron chi connectivity index (χ2n) is 5.14. The van der Waals surface area contributed by atoms with Crippen molar-refractivity contribution in [3.63, 3.8) is 0 Å². The van der Waals surface area contributed by atoms with Crippen molar-refractivity contribution >= 4 is 0 Å². The van der Waals surface area contributed by atoms with E-state index in [-0.39, 0.29) is 6.04 Å². The highest BCUT2D eigenvalue weighted by molar-refractivity contribution is 5.19. The van der Waals surface area contributed by atoms with Gasteiger partial charge in [-0.15, -0.1) is 0 Å². The summed E-state index contributed by atoms with van der Waals surface area (Å²) in [5.74, 6) is 0. The molecule has 1 aromatic carbocycles. The first-order chi connectivity index (χ1) is 7.03. The van der Waals surface area contributed by atoms with Gasteiger partial charge in [0.05, 0.1) is 0 Å². The largest absolute Gasteiger partial charge is 0.329 e. The van der Waals surface area contributed by atoms with E-state index in [4.69, 9.17) is 5.73 Å². The van der Waals surface area contributed by atoms with E-state index in [9.17, 15) is 0 Å². The molecule has 1 rings (SSSR count). The summed E-state index contributed by atoms with van der Waals surface area (Å²) < 4.78 is 0. The molecule has 0 saturated carbocycles. The van der Waals surface area contributed by atoms with Gasteiger partial charge in [0.1, 0.15) is 0 Å².